The van der Waals surface area contributed by atoms with Crippen molar-refractivity contribution in [1.29, 1.82) is 5.26 Å². The summed E-state index contributed by atoms with van der Waals surface area (Å²) in [5.74, 6) is -0.198. The highest BCUT2D eigenvalue weighted by atomic mass is 16.3. The van der Waals surface area contributed by atoms with Crippen molar-refractivity contribution in [3.8, 4) is 11.8 Å². The van der Waals surface area contributed by atoms with Gasteiger partial charge in [0.1, 0.15) is 17.9 Å². The lowest BCUT2D eigenvalue weighted by Crippen LogP contribution is -2.29. The van der Waals surface area contributed by atoms with E-state index >= 15 is 0 Å². The zero-order valence-electron chi connectivity index (χ0n) is 8.88. The molecular weight excluding hydrogens is 208 g/mol. The fraction of sp³-hybridized carbons (Fsp3) is 0.364. The summed E-state index contributed by atoms with van der Waals surface area (Å²) < 4.78 is 0. The van der Waals surface area contributed by atoms with Gasteiger partial charge >= 0.3 is 0 Å². The van der Waals surface area contributed by atoms with Crippen molar-refractivity contribution in [2.45, 2.75) is 12.2 Å². The molecule has 2 atom stereocenters. The molecule has 0 saturated heterocycles. The van der Waals surface area contributed by atoms with Gasteiger partial charge in [0.05, 0.1) is 11.7 Å². The van der Waals surface area contributed by atoms with E-state index in [0.29, 0.717) is 5.56 Å². The SMILES string of the molecule is CNCC(O)C(O)c1ccc(C#N)c(O)c1. The average Bonchev–Trinajstić information content (AvgIpc) is 2.28. The van der Waals surface area contributed by atoms with Crippen molar-refractivity contribution in [1.82, 2.24) is 5.32 Å². The lowest BCUT2D eigenvalue weighted by atomic mass is 10.0. The number of nitrogens with zero attached hydrogens (tertiary/aromatic N) is 1. The normalized spacial score (nSPS) is 14.1. The Morgan fingerprint density at radius 1 is 1.44 bits per heavy atom. The van der Waals surface area contributed by atoms with Gasteiger partial charge in [-0.05, 0) is 24.7 Å². The third-order valence-corrected chi connectivity index (χ3v) is 2.26. The van der Waals surface area contributed by atoms with E-state index in [1.807, 2.05) is 6.07 Å². The van der Waals surface area contributed by atoms with Gasteiger partial charge in [0.25, 0.3) is 0 Å². The molecule has 0 aliphatic rings. The molecule has 5 nitrogen and oxygen atoms in total. The molecule has 0 spiro atoms. The van der Waals surface area contributed by atoms with Gasteiger partial charge in [0.2, 0.25) is 0 Å². The molecule has 4 N–H and O–H groups in total. The number of hydrogen-bond acceptors (Lipinski definition) is 5. The summed E-state index contributed by atoms with van der Waals surface area (Å²) in [6, 6.07) is 5.99. The number of aliphatic hydroxyl groups is 2. The molecule has 1 aromatic rings. The number of hydrogen-bond donors (Lipinski definition) is 4. The highest BCUT2D eigenvalue weighted by Crippen LogP contribution is 2.23. The van der Waals surface area contributed by atoms with Gasteiger partial charge in [0.15, 0.2) is 0 Å². The summed E-state index contributed by atoms with van der Waals surface area (Å²) in [6.07, 6.45) is -2.05. The molecule has 16 heavy (non-hydrogen) atoms. The van der Waals surface area contributed by atoms with Crippen molar-refractivity contribution in [3.63, 3.8) is 0 Å². The van der Waals surface area contributed by atoms with Crippen LogP contribution in [0.15, 0.2) is 18.2 Å². The van der Waals surface area contributed by atoms with Crippen LogP contribution in [0, 0.1) is 11.3 Å². The second-order valence-corrected chi connectivity index (χ2v) is 3.46. The number of rotatable bonds is 4. The standard InChI is InChI=1S/C11H14N2O3/c1-13-6-10(15)11(16)7-2-3-8(5-12)9(14)4-7/h2-4,10-11,13-16H,6H2,1H3. The van der Waals surface area contributed by atoms with Crippen molar-refractivity contribution in [2.75, 3.05) is 13.6 Å². The van der Waals surface area contributed by atoms with Gasteiger partial charge in [-0.3, -0.25) is 0 Å². The Morgan fingerprint density at radius 2 is 2.12 bits per heavy atom. The van der Waals surface area contributed by atoms with E-state index in [4.69, 9.17) is 5.26 Å². The van der Waals surface area contributed by atoms with Crippen molar-refractivity contribution in [3.05, 3.63) is 29.3 Å². The number of aliphatic hydroxyl groups excluding tert-OH is 2. The minimum Gasteiger partial charge on any atom is -0.507 e. The van der Waals surface area contributed by atoms with Gasteiger partial charge in [-0.2, -0.15) is 5.26 Å². The molecule has 0 radical (unpaired) electrons. The van der Waals surface area contributed by atoms with Crippen LogP contribution in [-0.4, -0.2) is 35.0 Å². The molecule has 0 saturated carbocycles. The molecular formula is C11H14N2O3. The lowest BCUT2D eigenvalue weighted by molar-refractivity contribution is 0.0201. The van der Waals surface area contributed by atoms with Crippen molar-refractivity contribution in [2.24, 2.45) is 0 Å². The summed E-state index contributed by atoms with van der Waals surface area (Å²) in [5.41, 5.74) is 0.512. The molecule has 0 amide bonds. The van der Waals surface area contributed by atoms with Gasteiger partial charge in [-0.1, -0.05) is 6.07 Å². The fourth-order valence-corrected chi connectivity index (χ4v) is 1.37. The summed E-state index contributed by atoms with van der Waals surface area (Å²) >= 11 is 0. The maximum Gasteiger partial charge on any atom is 0.133 e. The molecule has 0 heterocycles. The Balaban J connectivity index is 2.89. The smallest absolute Gasteiger partial charge is 0.133 e. The van der Waals surface area contributed by atoms with E-state index in [9.17, 15) is 15.3 Å². The van der Waals surface area contributed by atoms with Crippen molar-refractivity contribution < 1.29 is 15.3 Å². The Bertz CT molecular complexity index is 401. The Hall–Kier alpha value is -1.61. The average molecular weight is 222 g/mol. The number of nitrogens with one attached hydrogen (secondary N) is 1. The first-order valence-electron chi connectivity index (χ1n) is 4.84. The molecule has 0 aliphatic carbocycles. The highest BCUT2D eigenvalue weighted by Gasteiger charge is 2.18. The molecule has 2 unspecified atom stereocenters. The third kappa shape index (κ3) is 2.70. The van der Waals surface area contributed by atoms with E-state index in [-0.39, 0.29) is 17.9 Å². The zero-order chi connectivity index (χ0) is 12.1. The predicted octanol–water partition coefficient (Wildman–Crippen LogP) is -0.122. The van der Waals surface area contributed by atoms with Gasteiger partial charge in [-0.25, -0.2) is 0 Å². The first-order valence-corrected chi connectivity index (χ1v) is 4.84. The van der Waals surface area contributed by atoms with Gasteiger partial charge in [0, 0.05) is 6.54 Å². The Labute approximate surface area is 93.6 Å². The monoisotopic (exact) mass is 222 g/mol. The lowest BCUT2D eigenvalue weighted by Gasteiger charge is -2.18. The predicted molar refractivity (Wildman–Crippen MR) is 57.7 cm³/mol. The quantitative estimate of drug-likeness (QED) is 0.569. The van der Waals surface area contributed by atoms with E-state index in [1.165, 1.54) is 18.2 Å². The first-order chi connectivity index (χ1) is 7.60. The molecule has 1 rings (SSSR count). The van der Waals surface area contributed by atoms with Crippen LogP contribution in [0.1, 0.15) is 17.2 Å². The molecule has 0 bridgehead atoms. The summed E-state index contributed by atoms with van der Waals surface area (Å²) in [5, 5.41) is 40.0. The van der Waals surface area contributed by atoms with Crippen LogP contribution in [0.5, 0.6) is 5.75 Å². The van der Waals surface area contributed by atoms with Crippen LogP contribution in [0.2, 0.25) is 0 Å². The number of phenols is 1. The number of nitriles is 1. The Kier molecular flexibility index (Phi) is 4.26. The van der Waals surface area contributed by atoms with E-state index in [2.05, 4.69) is 5.32 Å². The summed E-state index contributed by atoms with van der Waals surface area (Å²) in [4.78, 5) is 0. The van der Waals surface area contributed by atoms with Crippen LogP contribution in [0.4, 0.5) is 0 Å². The molecule has 1 aromatic carbocycles. The maximum absolute atomic E-state index is 9.72. The fourth-order valence-electron chi connectivity index (χ4n) is 1.37. The Morgan fingerprint density at radius 3 is 2.62 bits per heavy atom. The number of phenolic OH excluding ortho intramolecular Hbond substituents is 1. The molecule has 0 aliphatic heterocycles. The number of aromatic hydroxyl groups is 1. The molecule has 5 heteroatoms. The summed E-state index contributed by atoms with van der Waals surface area (Å²) in [6.45, 7) is 0.238. The van der Waals surface area contributed by atoms with Crippen LogP contribution >= 0.6 is 0 Å². The van der Waals surface area contributed by atoms with Gasteiger partial charge < -0.3 is 20.6 Å². The highest BCUT2D eigenvalue weighted by molar-refractivity contribution is 5.44. The zero-order valence-corrected chi connectivity index (χ0v) is 8.88. The van der Waals surface area contributed by atoms with Crippen LogP contribution in [0.3, 0.4) is 0 Å². The summed E-state index contributed by atoms with van der Waals surface area (Å²) in [7, 11) is 1.66. The minimum atomic E-state index is -1.09. The molecule has 86 valence electrons. The first kappa shape index (κ1) is 12.5. The van der Waals surface area contributed by atoms with Gasteiger partial charge in [-0.15, -0.1) is 0 Å². The second-order valence-electron chi connectivity index (χ2n) is 3.46. The topological polar surface area (TPSA) is 96.5 Å². The third-order valence-electron chi connectivity index (χ3n) is 2.26. The maximum atomic E-state index is 9.72. The van der Waals surface area contributed by atoms with Crippen molar-refractivity contribution >= 4 is 0 Å². The van der Waals surface area contributed by atoms with Crippen LogP contribution < -0.4 is 5.32 Å². The van der Waals surface area contributed by atoms with E-state index in [0.717, 1.165) is 0 Å². The minimum absolute atomic E-state index is 0.138. The van der Waals surface area contributed by atoms with Crippen LogP contribution in [-0.2, 0) is 0 Å². The number of likely N-dealkylation sites (N-methyl/N-ethyl adjacent to an activating group) is 1. The van der Waals surface area contributed by atoms with E-state index in [1.54, 1.807) is 7.05 Å². The largest absolute Gasteiger partial charge is 0.507 e. The van der Waals surface area contributed by atoms with Crippen LogP contribution in [0.25, 0.3) is 0 Å². The van der Waals surface area contributed by atoms with E-state index < -0.39 is 12.2 Å². The number of benzene rings is 1. The second kappa shape index (κ2) is 5.47. The molecule has 0 aromatic heterocycles. The molecule has 0 fully saturated rings.